The summed E-state index contributed by atoms with van der Waals surface area (Å²) in [6, 6.07) is 2.79. The van der Waals surface area contributed by atoms with Crippen LogP contribution in [0.25, 0.3) is 0 Å². The van der Waals surface area contributed by atoms with Gasteiger partial charge in [-0.05, 0) is 18.2 Å². The van der Waals surface area contributed by atoms with Crippen LogP contribution in [0.3, 0.4) is 0 Å². The highest BCUT2D eigenvalue weighted by atomic mass is 35.5. The molecule has 1 aliphatic rings. The van der Waals surface area contributed by atoms with Gasteiger partial charge in [-0.1, -0.05) is 11.6 Å². The summed E-state index contributed by atoms with van der Waals surface area (Å²) in [7, 11) is 0. The van der Waals surface area contributed by atoms with E-state index in [1.54, 1.807) is 0 Å². The Kier molecular flexibility index (Phi) is 11.2. The van der Waals surface area contributed by atoms with Crippen LogP contribution in [-0.2, 0) is 52.4 Å². The molecular formula is C24H29ClN2O12. The van der Waals surface area contributed by atoms with Crippen molar-refractivity contribution in [2.75, 3.05) is 12.3 Å². The van der Waals surface area contributed by atoms with Crippen LogP contribution in [0.15, 0.2) is 18.2 Å². The number of benzene rings is 1. The number of ether oxygens (including phenoxy) is 6. The van der Waals surface area contributed by atoms with Crippen molar-refractivity contribution in [2.45, 2.75) is 70.9 Å². The first-order chi connectivity index (χ1) is 18.2. The lowest BCUT2D eigenvalue weighted by atomic mass is 9.98. The average molecular weight is 573 g/mol. The van der Waals surface area contributed by atoms with E-state index >= 15 is 0 Å². The van der Waals surface area contributed by atoms with Gasteiger partial charge in [-0.25, -0.2) is 0 Å². The lowest BCUT2D eigenvalue weighted by Crippen LogP contribution is -2.63. The summed E-state index contributed by atoms with van der Waals surface area (Å²) in [5.41, 5.74) is 11.9. The van der Waals surface area contributed by atoms with E-state index in [-0.39, 0.29) is 11.3 Å². The second-order valence-electron chi connectivity index (χ2n) is 8.47. The highest BCUT2D eigenvalue weighted by molar-refractivity contribution is 6.31. The SMILES string of the molecule is CC(=O)O[C@@H]1O[C@H](COC(=O)C(N)CC(=O)c2ccc(Cl)cc2N)[C@@H](OC(C)=O)[C@H](OC(C)=O)[C@H]1OC(C)=O. The Morgan fingerprint density at radius 2 is 1.41 bits per heavy atom. The van der Waals surface area contributed by atoms with Crippen molar-refractivity contribution in [1.29, 1.82) is 0 Å². The van der Waals surface area contributed by atoms with E-state index in [2.05, 4.69) is 0 Å². The molecule has 0 radical (unpaired) electrons. The van der Waals surface area contributed by atoms with Gasteiger partial charge in [-0.2, -0.15) is 0 Å². The van der Waals surface area contributed by atoms with Crippen molar-refractivity contribution < 1.29 is 57.2 Å². The van der Waals surface area contributed by atoms with Gasteiger partial charge in [0.25, 0.3) is 0 Å². The fraction of sp³-hybridized carbons (Fsp3) is 0.500. The van der Waals surface area contributed by atoms with Crippen LogP contribution in [0.4, 0.5) is 5.69 Å². The lowest BCUT2D eigenvalue weighted by Gasteiger charge is -2.43. The number of hydrogen-bond acceptors (Lipinski definition) is 14. The zero-order valence-electron chi connectivity index (χ0n) is 21.5. The van der Waals surface area contributed by atoms with Gasteiger partial charge in [0.2, 0.25) is 12.4 Å². The molecule has 1 aromatic rings. The molecule has 6 atom stereocenters. The van der Waals surface area contributed by atoms with Crippen molar-refractivity contribution in [3.8, 4) is 0 Å². The molecule has 14 nitrogen and oxygen atoms in total. The number of esters is 5. The Morgan fingerprint density at radius 1 is 0.872 bits per heavy atom. The highest BCUT2D eigenvalue weighted by Gasteiger charge is 2.53. The van der Waals surface area contributed by atoms with Gasteiger partial charge < -0.3 is 39.9 Å². The number of anilines is 1. The standard InChI is InChI=1S/C24H29ClN2O12/c1-10(28)35-20-19(39-24(38-13(4)31)22(37-12(3)30)21(20)36-11(2)29)9-34-23(33)17(27)8-18(32)15-6-5-14(25)7-16(15)26/h5-7,17,19-22,24H,8-9,26-27H2,1-4H3/t17?,19-,20-,21+,22-,24-/m1/s1. The highest BCUT2D eigenvalue weighted by Crippen LogP contribution is 2.30. The van der Waals surface area contributed by atoms with E-state index in [0.717, 1.165) is 27.7 Å². The van der Waals surface area contributed by atoms with Crippen LogP contribution in [0.5, 0.6) is 0 Å². The van der Waals surface area contributed by atoms with E-state index in [1.807, 2.05) is 0 Å². The maximum Gasteiger partial charge on any atom is 0.323 e. The predicted octanol–water partition coefficient (Wildman–Crippen LogP) is 0.449. The van der Waals surface area contributed by atoms with Gasteiger partial charge in [0.05, 0.1) is 0 Å². The third-order valence-corrected chi connectivity index (χ3v) is 5.43. The normalized spacial score (nSPS) is 23.1. The minimum atomic E-state index is -1.63. The molecular weight excluding hydrogens is 544 g/mol. The van der Waals surface area contributed by atoms with E-state index in [9.17, 15) is 28.8 Å². The summed E-state index contributed by atoms with van der Waals surface area (Å²) in [5.74, 6) is -4.96. The first-order valence-electron chi connectivity index (χ1n) is 11.5. The Labute approximate surface area is 228 Å². The Balaban J connectivity index is 2.23. The number of hydrogen-bond donors (Lipinski definition) is 2. The largest absolute Gasteiger partial charge is 0.462 e. The van der Waals surface area contributed by atoms with Gasteiger partial charge in [0.15, 0.2) is 18.0 Å². The van der Waals surface area contributed by atoms with Crippen molar-refractivity contribution in [1.82, 2.24) is 0 Å². The molecule has 1 heterocycles. The average Bonchev–Trinajstić information content (AvgIpc) is 2.80. The molecule has 0 aliphatic carbocycles. The van der Waals surface area contributed by atoms with Gasteiger partial charge in [0.1, 0.15) is 18.8 Å². The van der Waals surface area contributed by atoms with Crippen molar-refractivity contribution in [2.24, 2.45) is 5.73 Å². The van der Waals surface area contributed by atoms with E-state index in [0.29, 0.717) is 5.02 Å². The molecule has 15 heteroatoms. The minimum Gasteiger partial charge on any atom is -0.462 e. The molecule has 4 N–H and O–H groups in total. The number of ketones is 1. The smallest absolute Gasteiger partial charge is 0.323 e. The maximum absolute atomic E-state index is 12.6. The minimum absolute atomic E-state index is 0.100. The first-order valence-corrected chi connectivity index (χ1v) is 11.9. The molecule has 0 bridgehead atoms. The number of nitrogens with two attached hydrogens (primary N) is 2. The van der Waals surface area contributed by atoms with Crippen LogP contribution in [0.1, 0.15) is 44.5 Å². The summed E-state index contributed by atoms with van der Waals surface area (Å²) in [5, 5.41) is 0.317. The predicted molar refractivity (Wildman–Crippen MR) is 131 cm³/mol. The zero-order chi connectivity index (χ0) is 29.4. The Morgan fingerprint density at radius 3 is 1.95 bits per heavy atom. The van der Waals surface area contributed by atoms with Crippen LogP contribution in [-0.4, -0.2) is 79.0 Å². The van der Waals surface area contributed by atoms with E-state index in [1.165, 1.54) is 18.2 Å². The molecule has 1 unspecified atom stereocenters. The molecule has 39 heavy (non-hydrogen) atoms. The van der Waals surface area contributed by atoms with Crippen LogP contribution in [0, 0.1) is 0 Å². The molecule has 0 amide bonds. The fourth-order valence-electron chi connectivity index (χ4n) is 3.70. The topological polar surface area (TPSA) is 210 Å². The summed E-state index contributed by atoms with van der Waals surface area (Å²) < 4.78 is 31.5. The molecule has 1 fully saturated rings. The molecule has 2 rings (SSSR count). The molecule has 214 valence electrons. The summed E-state index contributed by atoms with van der Waals surface area (Å²) in [6.07, 6.45) is -7.99. The molecule has 0 spiro atoms. The number of Topliss-reactive ketones (excluding diaryl/α,β-unsaturated/α-hetero) is 1. The third kappa shape index (κ3) is 9.19. The maximum atomic E-state index is 12.6. The van der Waals surface area contributed by atoms with Gasteiger partial charge >= 0.3 is 29.8 Å². The number of carbonyl (C=O) groups is 6. The quantitative estimate of drug-likeness (QED) is 0.169. The fourth-order valence-corrected chi connectivity index (χ4v) is 3.88. The third-order valence-electron chi connectivity index (χ3n) is 5.19. The zero-order valence-corrected chi connectivity index (χ0v) is 22.3. The Hall–Kier alpha value is -3.75. The van der Waals surface area contributed by atoms with Crippen LogP contribution in [0.2, 0.25) is 5.02 Å². The molecule has 0 aromatic heterocycles. The summed E-state index contributed by atoms with van der Waals surface area (Å²) in [4.78, 5) is 72.2. The molecule has 1 aromatic carbocycles. The van der Waals surface area contributed by atoms with Crippen molar-refractivity contribution >= 4 is 52.9 Å². The first kappa shape index (κ1) is 31.5. The van der Waals surface area contributed by atoms with Crippen LogP contribution < -0.4 is 11.5 Å². The van der Waals surface area contributed by atoms with E-state index < -0.39 is 85.4 Å². The van der Waals surface area contributed by atoms with Gasteiger partial charge in [-0.15, -0.1) is 0 Å². The number of rotatable bonds is 10. The molecule has 1 aliphatic heterocycles. The summed E-state index contributed by atoms with van der Waals surface area (Å²) in [6.45, 7) is 3.54. The lowest BCUT2D eigenvalue weighted by molar-refractivity contribution is -0.300. The second kappa shape index (κ2) is 13.9. The number of carbonyl (C=O) groups excluding carboxylic acids is 6. The number of nitrogen functional groups attached to an aromatic ring is 1. The molecule has 1 saturated heterocycles. The van der Waals surface area contributed by atoms with Gasteiger partial charge in [-0.3, -0.25) is 28.8 Å². The summed E-state index contributed by atoms with van der Waals surface area (Å²) >= 11 is 5.83. The number of halogens is 1. The monoisotopic (exact) mass is 572 g/mol. The molecule has 0 saturated carbocycles. The van der Waals surface area contributed by atoms with Crippen molar-refractivity contribution in [3.63, 3.8) is 0 Å². The van der Waals surface area contributed by atoms with Gasteiger partial charge in [0, 0.05) is 50.4 Å². The van der Waals surface area contributed by atoms with E-state index in [4.69, 9.17) is 51.5 Å². The second-order valence-corrected chi connectivity index (χ2v) is 8.91. The Bertz CT molecular complexity index is 1130. The van der Waals surface area contributed by atoms with Crippen LogP contribution >= 0.6 is 11.6 Å². The van der Waals surface area contributed by atoms with Crippen molar-refractivity contribution in [3.05, 3.63) is 28.8 Å².